The predicted molar refractivity (Wildman–Crippen MR) is 73.9 cm³/mol. The molecule has 4 N–H and O–H groups in total. The number of nitrogen functional groups attached to an aromatic ring is 1. The molecule has 6 nitrogen and oxygen atoms in total. The van der Waals surface area contributed by atoms with E-state index in [1.54, 1.807) is 0 Å². The van der Waals surface area contributed by atoms with Crippen LogP contribution in [0.5, 0.6) is 0 Å². The number of nitrogens with one attached hydrogen (secondary N) is 2. The summed E-state index contributed by atoms with van der Waals surface area (Å²) in [6.07, 6.45) is 0.738. The largest absolute Gasteiger partial charge is 0.398 e. The Morgan fingerprint density at radius 1 is 1.45 bits per heavy atom. The molecule has 0 heterocycles. The van der Waals surface area contributed by atoms with Crippen LogP contribution >= 0.6 is 0 Å². The number of benzene rings is 1. The minimum absolute atomic E-state index is 0.0833. The fourth-order valence-electron chi connectivity index (χ4n) is 1.49. The number of hydrogen-bond donors (Lipinski definition) is 3. The van der Waals surface area contributed by atoms with E-state index in [0.717, 1.165) is 24.6 Å². The van der Waals surface area contributed by atoms with Crippen LogP contribution in [0.1, 0.15) is 20.3 Å². The summed E-state index contributed by atoms with van der Waals surface area (Å²) >= 11 is 0. The van der Waals surface area contributed by atoms with Crippen LogP contribution in [-0.2, 0) is 14.8 Å². The van der Waals surface area contributed by atoms with E-state index in [2.05, 4.69) is 10.0 Å². The maximum atomic E-state index is 13.1. The molecule has 1 atom stereocenters. The van der Waals surface area contributed by atoms with Gasteiger partial charge in [-0.15, -0.1) is 0 Å². The van der Waals surface area contributed by atoms with Crippen molar-refractivity contribution >= 4 is 21.6 Å². The van der Waals surface area contributed by atoms with Crippen molar-refractivity contribution in [2.24, 2.45) is 0 Å². The standard InChI is InChI=1S/C12H18FN3O3S/c1-3-6-15-12(17)8(2)16-20(18,19)11-7-9(13)4-5-10(11)14/h4-5,7-8,16H,3,6,14H2,1-2H3,(H,15,17). The number of carbonyl (C=O) groups is 1. The van der Waals surface area contributed by atoms with Gasteiger partial charge in [0.2, 0.25) is 15.9 Å². The van der Waals surface area contributed by atoms with Crippen LogP contribution in [0.25, 0.3) is 0 Å². The highest BCUT2D eigenvalue weighted by Gasteiger charge is 2.24. The lowest BCUT2D eigenvalue weighted by atomic mass is 10.3. The predicted octanol–water partition coefficient (Wildman–Crippen LogP) is 0.601. The quantitative estimate of drug-likeness (QED) is 0.670. The Balaban J connectivity index is 2.89. The molecule has 0 bridgehead atoms. The zero-order valence-corrected chi connectivity index (χ0v) is 12.1. The summed E-state index contributed by atoms with van der Waals surface area (Å²) in [5.41, 5.74) is 5.44. The minimum Gasteiger partial charge on any atom is -0.398 e. The number of amides is 1. The number of halogens is 1. The van der Waals surface area contributed by atoms with Crippen molar-refractivity contribution in [3.05, 3.63) is 24.0 Å². The summed E-state index contributed by atoms with van der Waals surface area (Å²) in [4.78, 5) is 11.2. The number of rotatable bonds is 6. The normalized spacial score (nSPS) is 12.9. The second-order valence-electron chi connectivity index (χ2n) is 4.32. The molecule has 1 amide bonds. The van der Waals surface area contributed by atoms with E-state index in [9.17, 15) is 17.6 Å². The Kier molecular flexibility index (Phi) is 5.46. The SMILES string of the molecule is CCCNC(=O)C(C)NS(=O)(=O)c1cc(F)ccc1N. The third-order valence-corrected chi connectivity index (χ3v) is 4.14. The van der Waals surface area contributed by atoms with E-state index in [0.29, 0.717) is 6.54 Å². The van der Waals surface area contributed by atoms with Crippen LogP contribution in [0.2, 0.25) is 0 Å². The van der Waals surface area contributed by atoms with Crippen molar-refractivity contribution in [1.29, 1.82) is 0 Å². The Labute approximate surface area is 117 Å². The van der Waals surface area contributed by atoms with Crippen LogP contribution in [0, 0.1) is 5.82 Å². The van der Waals surface area contributed by atoms with Gasteiger partial charge in [-0.25, -0.2) is 12.8 Å². The molecule has 0 fully saturated rings. The first-order chi connectivity index (χ1) is 9.27. The summed E-state index contributed by atoms with van der Waals surface area (Å²) in [7, 11) is -4.06. The number of anilines is 1. The Bertz CT molecular complexity index is 590. The first kappa shape index (κ1) is 16.4. The van der Waals surface area contributed by atoms with Gasteiger partial charge < -0.3 is 11.1 Å². The summed E-state index contributed by atoms with van der Waals surface area (Å²) in [5, 5.41) is 2.56. The average Bonchev–Trinajstić information content (AvgIpc) is 2.38. The van der Waals surface area contributed by atoms with E-state index in [1.165, 1.54) is 6.92 Å². The summed E-state index contributed by atoms with van der Waals surface area (Å²) in [6.45, 7) is 3.73. The molecule has 8 heteroatoms. The first-order valence-electron chi connectivity index (χ1n) is 6.13. The van der Waals surface area contributed by atoms with Gasteiger partial charge >= 0.3 is 0 Å². The molecule has 0 aliphatic rings. The van der Waals surface area contributed by atoms with Crippen LogP contribution in [0.4, 0.5) is 10.1 Å². The molecule has 0 radical (unpaired) electrons. The number of carbonyl (C=O) groups excluding carboxylic acids is 1. The van der Waals surface area contributed by atoms with Gasteiger partial charge in [-0.2, -0.15) is 4.72 Å². The van der Waals surface area contributed by atoms with Gasteiger partial charge in [-0.05, 0) is 31.5 Å². The Morgan fingerprint density at radius 3 is 2.70 bits per heavy atom. The summed E-state index contributed by atoms with van der Waals surface area (Å²) in [5.74, 6) is -1.17. The molecule has 0 aliphatic heterocycles. The molecule has 0 saturated carbocycles. The molecule has 1 rings (SSSR count). The zero-order valence-electron chi connectivity index (χ0n) is 11.3. The molecule has 1 aromatic carbocycles. The maximum Gasteiger partial charge on any atom is 0.243 e. The topological polar surface area (TPSA) is 101 Å². The van der Waals surface area contributed by atoms with Gasteiger partial charge in [0, 0.05) is 6.54 Å². The second kappa shape index (κ2) is 6.67. The average molecular weight is 303 g/mol. The molecule has 0 saturated heterocycles. The first-order valence-corrected chi connectivity index (χ1v) is 7.61. The van der Waals surface area contributed by atoms with Gasteiger partial charge in [-0.1, -0.05) is 6.92 Å². The lowest BCUT2D eigenvalue weighted by Crippen LogP contribution is -2.45. The van der Waals surface area contributed by atoms with E-state index >= 15 is 0 Å². The van der Waals surface area contributed by atoms with Gasteiger partial charge in [0.15, 0.2) is 0 Å². The van der Waals surface area contributed by atoms with Gasteiger partial charge in [-0.3, -0.25) is 4.79 Å². The fourth-order valence-corrected chi connectivity index (χ4v) is 2.84. The van der Waals surface area contributed by atoms with Crippen molar-refractivity contribution in [3.63, 3.8) is 0 Å². The van der Waals surface area contributed by atoms with Crippen LogP contribution in [-0.4, -0.2) is 26.9 Å². The molecule has 0 aromatic heterocycles. The fraction of sp³-hybridized carbons (Fsp3) is 0.417. The third kappa shape index (κ3) is 4.17. The van der Waals surface area contributed by atoms with E-state index in [1.807, 2.05) is 6.92 Å². The van der Waals surface area contributed by atoms with Gasteiger partial charge in [0.1, 0.15) is 10.7 Å². The summed E-state index contributed by atoms with van der Waals surface area (Å²) in [6, 6.07) is 2.06. The molecule has 1 aromatic rings. The van der Waals surface area contributed by atoms with Crippen LogP contribution in [0.3, 0.4) is 0 Å². The lowest BCUT2D eigenvalue weighted by Gasteiger charge is -2.15. The molecule has 0 aliphatic carbocycles. The van der Waals surface area contributed by atoms with E-state index in [4.69, 9.17) is 5.73 Å². The molecule has 20 heavy (non-hydrogen) atoms. The third-order valence-electron chi connectivity index (χ3n) is 2.54. The lowest BCUT2D eigenvalue weighted by molar-refractivity contribution is -0.122. The monoisotopic (exact) mass is 303 g/mol. The highest BCUT2D eigenvalue weighted by Crippen LogP contribution is 2.19. The van der Waals surface area contributed by atoms with Crippen LogP contribution < -0.4 is 15.8 Å². The van der Waals surface area contributed by atoms with Crippen molar-refractivity contribution in [3.8, 4) is 0 Å². The highest BCUT2D eigenvalue weighted by molar-refractivity contribution is 7.89. The van der Waals surface area contributed by atoms with Crippen molar-refractivity contribution in [1.82, 2.24) is 10.0 Å². The summed E-state index contributed by atoms with van der Waals surface area (Å²) < 4.78 is 39.4. The van der Waals surface area contributed by atoms with E-state index in [-0.39, 0.29) is 10.6 Å². The highest BCUT2D eigenvalue weighted by atomic mass is 32.2. The molecule has 1 unspecified atom stereocenters. The number of nitrogens with two attached hydrogens (primary N) is 1. The molecule has 0 spiro atoms. The Hall–Kier alpha value is -1.67. The van der Waals surface area contributed by atoms with Crippen LogP contribution in [0.15, 0.2) is 23.1 Å². The zero-order chi connectivity index (χ0) is 15.3. The number of sulfonamides is 1. The van der Waals surface area contributed by atoms with Crippen molar-refractivity contribution in [2.75, 3.05) is 12.3 Å². The smallest absolute Gasteiger partial charge is 0.243 e. The van der Waals surface area contributed by atoms with E-state index < -0.39 is 27.8 Å². The molecule has 112 valence electrons. The van der Waals surface area contributed by atoms with Crippen molar-refractivity contribution < 1.29 is 17.6 Å². The maximum absolute atomic E-state index is 13.1. The van der Waals surface area contributed by atoms with Crippen molar-refractivity contribution in [2.45, 2.75) is 31.2 Å². The second-order valence-corrected chi connectivity index (χ2v) is 6.00. The van der Waals surface area contributed by atoms with Gasteiger partial charge in [0.25, 0.3) is 0 Å². The minimum atomic E-state index is -4.06. The van der Waals surface area contributed by atoms with Gasteiger partial charge in [0.05, 0.1) is 11.7 Å². The number of hydrogen-bond acceptors (Lipinski definition) is 4. The molecular weight excluding hydrogens is 285 g/mol. The Morgan fingerprint density at radius 2 is 2.10 bits per heavy atom. The molecular formula is C12H18FN3O3S.